The average Bonchev–Trinajstić information content (AvgIpc) is 0.997. The lowest BCUT2D eigenvalue weighted by Gasteiger charge is -2.36. The van der Waals surface area contributed by atoms with Gasteiger partial charge in [-0.1, -0.05) is 142 Å². The zero-order chi connectivity index (χ0) is 69.6. The van der Waals surface area contributed by atoms with Crippen LogP contribution < -0.4 is 37.2 Å². The van der Waals surface area contributed by atoms with Gasteiger partial charge in [0.25, 0.3) is 0 Å². The number of aromatic hydroxyl groups is 1. The molecule has 0 spiro atoms. The summed E-state index contributed by atoms with van der Waals surface area (Å²) in [6.45, 7) is 13.0. The lowest BCUT2D eigenvalue weighted by Crippen LogP contribution is -2.58. The van der Waals surface area contributed by atoms with E-state index >= 15 is 0 Å². The van der Waals surface area contributed by atoms with Crippen LogP contribution in [0.5, 0.6) is 5.75 Å². The molecule has 1 aliphatic rings. The van der Waals surface area contributed by atoms with Crippen molar-refractivity contribution in [2.75, 3.05) is 33.9 Å². The number of unbranched alkanes of at least 4 members (excludes halogenated alkanes) is 4. The summed E-state index contributed by atoms with van der Waals surface area (Å²) in [5.74, 6) is -9.59. The molecule has 2 aromatic rings. The quantitative estimate of drug-likeness (QED) is 0.0258. The number of aliphatic hydroxyl groups excluding tert-OH is 5. The highest BCUT2D eigenvalue weighted by Crippen LogP contribution is 2.21. The van der Waals surface area contributed by atoms with E-state index in [0.717, 1.165) is 43.7 Å². The number of likely N-dealkylation sites (N-methyl/N-ethyl adjacent to an activating group) is 2. The van der Waals surface area contributed by atoms with Crippen LogP contribution in [-0.4, -0.2) is 206 Å². The van der Waals surface area contributed by atoms with Crippen molar-refractivity contribution in [3.63, 3.8) is 0 Å². The van der Waals surface area contributed by atoms with Crippen LogP contribution in [0.25, 0.3) is 0 Å². The minimum absolute atomic E-state index is 0.0137. The average molecular weight is 1310 g/mol. The molecule has 1 aliphatic heterocycles. The Hall–Kier alpha value is -7.78. The Balaban J connectivity index is 1.65. The van der Waals surface area contributed by atoms with Crippen molar-refractivity contribution in [2.45, 2.75) is 206 Å². The van der Waals surface area contributed by atoms with E-state index < -0.39 is 189 Å². The summed E-state index contributed by atoms with van der Waals surface area (Å²) >= 11 is 0. The van der Waals surface area contributed by atoms with Gasteiger partial charge < -0.3 is 82.4 Å². The first-order chi connectivity index (χ1) is 43.9. The zero-order valence-corrected chi connectivity index (χ0v) is 55.7. The second kappa shape index (κ2) is 40.4. The van der Waals surface area contributed by atoms with E-state index in [2.05, 4.69) is 44.1 Å². The van der Waals surface area contributed by atoms with Crippen molar-refractivity contribution in [3.8, 4) is 5.75 Å². The third-order valence-electron chi connectivity index (χ3n) is 16.1. The van der Waals surface area contributed by atoms with Crippen LogP contribution in [0.4, 0.5) is 0 Å². The molecule has 0 bridgehead atoms. The predicted molar refractivity (Wildman–Crippen MR) is 347 cm³/mol. The number of ether oxygens (including phenoxy) is 1. The van der Waals surface area contributed by atoms with Crippen LogP contribution in [0.1, 0.15) is 131 Å². The summed E-state index contributed by atoms with van der Waals surface area (Å²) in [4.78, 5) is 139. The Bertz CT molecular complexity index is 2800. The molecule has 0 aromatic heterocycles. The van der Waals surface area contributed by atoms with Gasteiger partial charge in [-0.25, -0.2) is 4.79 Å². The van der Waals surface area contributed by atoms with Crippen molar-refractivity contribution in [3.05, 3.63) is 90.0 Å². The summed E-state index contributed by atoms with van der Waals surface area (Å²) in [6.07, 6.45) is 4.67. The van der Waals surface area contributed by atoms with E-state index in [1.54, 1.807) is 73.6 Å². The van der Waals surface area contributed by atoms with Crippen LogP contribution in [0.15, 0.2) is 78.9 Å². The molecule has 0 aliphatic carbocycles. The van der Waals surface area contributed by atoms with Crippen molar-refractivity contribution in [1.82, 2.24) is 47.0 Å². The summed E-state index contributed by atoms with van der Waals surface area (Å²) in [7, 11) is 2.86. The number of amides is 9. The van der Waals surface area contributed by atoms with Crippen LogP contribution >= 0.6 is 0 Å². The first kappa shape index (κ1) is 79.5. The fourth-order valence-corrected chi connectivity index (χ4v) is 10.4. The molecule has 12 atom stereocenters. The fourth-order valence-electron chi connectivity index (χ4n) is 10.4. The number of nitrogens with zero attached hydrogens (tertiary/aromatic N) is 2. The molecule has 0 saturated heterocycles. The Kier molecular flexibility index (Phi) is 34.5. The number of benzene rings is 2. The molecule has 13 N–H and O–H groups in total. The standard InChI is InChI=1S/C67H103N9O17/c1-12-13-14-15-16-17-21-24-54(83)69-47(31-43-22-19-18-20-23-43)51(80)33-55(84)73-60(40(4)5)64(89)70-49(37-78)53(82)35-57(86)74-61(41(6)7)65(90)71-48(36-77)52(81)34-56(85)72-59(39(2)3)63(88)68-45-27-30-58(87)76(11)62(42(8)9)66(91)75(10)50(67(92)93-38-45)32-44-25-28-46(79)29-26-44/h17-23,25-30,39-42,45,47-53,59-62,77-82H,12-16,24,31-38H2,1-11H3,(H,68,88)(H,69,83)(H,70,89)(H,71,90)(H,72,85)(H,73,84)(H,74,86)/b21-17-,30-27+/t45-,47+,48+,49+,50+,51+,52+,53+,59+,60+,61+,62+/m1/s1. The minimum Gasteiger partial charge on any atom is -0.508 e. The first-order valence-electron chi connectivity index (χ1n) is 32.1. The molecule has 2 aromatic carbocycles. The van der Waals surface area contributed by atoms with Crippen LogP contribution in [0.2, 0.25) is 0 Å². The van der Waals surface area contributed by atoms with E-state index in [1.807, 2.05) is 36.4 Å². The first-order valence-corrected chi connectivity index (χ1v) is 32.1. The van der Waals surface area contributed by atoms with Crippen LogP contribution in [-0.2, 0) is 65.5 Å². The number of aliphatic hydroxyl groups is 5. The second-order valence-corrected chi connectivity index (χ2v) is 25.2. The Morgan fingerprint density at radius 3 is 1.56 bits per heavy atom. The number of hydrogen-bond donors (Lipinski definition) is 13. The van der Waals surface area contributed by atoms with E-state index in [4.69, 9.17) is 4.74 Å². The van der Waals surface area contributed by atoms with Crippen molar-refractivity contribution >= 4 is 59.1 Å². The van der Waals surface area contributed by atoms with Gasteiger partial charge in [0.1, 0.15) is 42.6 Å². The van der Waals surface area contributed by atoms with E-state index in [0.29, 0.717) is 5.56 Å². The van der Waals surface area contributed by atoms with Gasteiger partial charge in [-0.3, -0.25) is 43.2 Å². The molecule has 0 fully saturated rings. The highest BCUT2D eigenvalue weighted by Gasteiger charge is 2.39. The summed E-state index contributed by atoms with van der Waals surface area (Å²) in [5, 5.41) is 82.3. The van der Waals surface area contributed by atoms with Crippen LogP contribution in [0, 0.1) is 23.7 Å². The fraction of sp³-hybridized carbons (Fsp3) is 0.612. The third-order valence-corrected chi connectivity index (χ3v) is 16.1. The van der Waals surface area contributed by atoms with E-state index in [1.165, 1.54) is 42.1 Å². The van der Waals surface area contributed by atoms with Crippen molar-refractivity contribution < 1.29 is 83.3 Å². The Labute approximate surface area is 546 Å². The smallest absolute Gasteiger partial charge is 0.329 e. The molecule has 0 saturated carbocycles. The van der Waals surface area contributed by atoms with Crippen LogP contribution in [0.3, 0.4) is 0 Å². The lowest BCUT2D eigenvalue weighted by molar-refractivity contribution is -0.157. The minimum atomic E-state index is -1.77. The largest absolute Gasteiger partial charge is 0.508 e. The zero-order valence-electron chi connectivity index (χ0n) is 55.7. The molecule has 93 heavy (non-hydrogen) atoms. The van der Waals surface area contributed by atoms with Gasteiger partial charge in [0.2, 0.25) is 53.2 Å². The number of carbonyl (C=O) groups is 10. The maximum Gasteiger partial charge on any atom is 0.329 e. The maximum absolute atomic E-state index is 14.0. The SMILES string of the molecule is CCCCCC/C=C\CC(=O)N[C@@H](Cc1ccccc1)[C@@H](O)CC(=O)N[C@H](C(=O)N[C@@H](CO)[C@@H](O)CC(=O)N[C@H](C(=O)N[C@@H](CO)[C@@H](O)CC(=O)N[C@H](C(=O)N[C@@H]1/C=C/C(=O)N(C)[C@@H](C(C)C)C(=O)N(C)[C@@H](Cc2ccc(O)cc2)C(=O)OC1)C(C)C)C(C)C)C(C)C. The van der Waals surface area contributed by atoms with Gasteiger partial charge in [0.05, 0.1) is 75.0 Å². The molecule has 0 radical (unpaired) electrons. The highest BCUT2D eigenvalue weighted by molar-refractivity contribution is 5.95. The van der Waals surface area contributed by atoms with Crippen molar-refractivity contribution in [2.24, 2.45) is 23.7 Å². The molecule has 518 valence electrons. The van der Waals surface area contributed by atoms with Gasteiger partial charge in [-0.05, 0) is 66.2 Å². The number of allylic oxidation sites excluding steroid dienone is 1. The number of rotatable bonds is 36. The molecule has 1 heterocycles. The van der Waals surface area contributed by atoms with Gasteiger partial charge in [0, 0.05) is 33.0 Å². The monoisotopic (exact) mass is 1310 g/mol. The Morgan fingerprint density at radius 1 is 0.591 bits per heavy atom. The molecule has 26 nitrogen and oxygen atoms in total. The van der Waals surface area contributed by atoms with Gasteiger partial charge in [-0.15, -0.1) is 0 Å². The number of esters is 1. The molecular formula is C67H103N9O17. The third kappa shape index (κ3) is 27.0. The van der Waals surface area contributed by atoms with Gasteiger partial charge >= 0.3 is 5.97 Å². The number of nitrogens with one attached hydrogen (secondary N) is 7. The summed E-state index contributed by atoms with van der Waals surface area (Å²) < 4.78 is 5.69. The predicted octanol–water partition coefficient (Wildman–Crippen LogP) is 1.12. The van der Waals surface area contributed by atoms with Gasteiger partial charge in [0.15, 0.2) is 0 Å². The molecule has 9 amide bonds. The number of phenols is 1. The molecular weight excluding hydrogens is 1200 g/mol. The van der Waals surface area contributed by atoms with E-state index in [-0.39, 0.29) is 30.9 Å². The van der Waals surface area contributed by atoms with Gasteiger partial charge in [-0.2, -0.15) is 0 Å². The summed E-state index contributed by atoms with van der Waals surface area (Å²) in [5.41, 5.74) is 1.39. The Morgan fingerprint density at radius 2 is 1.09 bits per heavy atom. The number of hydrogen-bond acceptors (Lipinski definition) is 17. The normalized spacial score (nSPS) is 19.0. The second-order valence-electron chi connectivity index (χ2n) is 25.2. The molecule has 26 heteroatoms. The number of phenolic OH excluding ortho intramolecular Hbond substituents is 1. The maximum atomic E-state index is 14.0. The topological polar surface area (TPSA) is 392 Å². The molecule has 3 rings (SSSR count). The number of carbonyl (C=O) groups excluding carboxylic acids is 10. The number of cyclic esters (lactones) is 1. The summed E-state index contributed by atoms with van der Waals surface area (Å²) in [6, 6.07) is 4.01. The lowest BCUT2D eigenvalue weighted by atomic mass is 9.97. The van der Waals surface area contributed by atoms with E-state index in [9.17, 15) is 78.6 Å². The highest BCUT2D eigenvalue weighted by atomic mass is 16.5. The van der Waals surface area contributed by atoms with Crippen molar-refractivity contribution in [1.29, 1.82) is 0 Å². The molecule has 0 unspecified atom stereocenters.